The lowest BCUT2D eigenvalue weighted by Crippen LogP contribution is -2.40. The van der Waals surface area contributed by atoms with Crippen LogP contribution in [0.15, 0.2) is 106 Å². The van der Waals surface area contributed by atoms with E-state index >= 15 is 0 Å². The molecule has 1 N–H and O–H groups in total. The number of hydrogen-bond donors (Lipinski definition) is 1. The van der Waals surface area contributed by atoms with E-state index in [1.807, 2.05) is 81.7 Å². The number of carbonyl (C=O) groups excluding carboxylic acids is 1. The molecule has 1 aliphatic rings. The van der Waals surface area contributed by atoms with E-state index in [1.54, 1.807) is 11.7 Å². The number of nitrogens with zero attached hydrogens (tertiary/aromatic N) is 4. The van der Waals surface area contributed by atoms with Gasteiger partial charge in [-0.05, 0) is 92.6 Å². The number of aromatic nitrogens is 2. The van der Waals surface area contributed by atoms with Gasteiger partial charge < -0.3 is 19.5 Å². The number of aryl methyl sites for hydroxylation is 1. The van der Waals surface area contributed by atoms with Gasteiger partial charge in [-0.3, -0.25) is 14.2 Å². The number of carbonyl (C=O) groups is 1. The molecular weight excluding hydrogens is 582 g/mol. The number of amides is 1. The Morgan fingerprint density at radius 3 is 2.40 bits per heavy atom. The van der Waals surface area contributed by atoms with Gasteiger partial charge in [-0.15, -0.1) is 0 Å². The van der Waals surface area contributed by atoms with Crippen molar-refractivity contribution < 1.29 is 9.53 Å². The summed E-state index contributed by atoms with van der Waals surface area (Å²) in [6, 6.07) is 26.6. The highest BCUT2D eigenvalue weighted by Gasteiger charge is 2.33. The molecule has 0 radical (unpaired) electrons. The van der Waals surface area contributed by atoms with Crippen molar-refractivity contribution >= 4 is 34.7 Å². The van der Waals surface area contributed by atoms with Crippen LogP contribution in [0.4, 0.5) is 11.4 Å². The molecule has 5 aromatic rings. The first-order valence-corrected chi connectivity index (χ1v) is 15.5. The molecule has 0 spiro atoms. The Bertz CT molecular complexity index is 2120. The molecule has 0 saturated heterocycles. The Balaban J connectivity index is 1.47. The van der Waals surface area contributed by atoms with Crippen molar-refractivity contribution in [3.63, 3.8) is 0 Å². The predicted molar refractivity (Wildman–Crippen MR) is 181 cm³/mol. The normalized spacial score (nSPS) is 14.6. The van der Waals surface area contributed by atoms with Gasteiger partial charge in [-0.25, -0.2) is 4.99 Å². The van der Waals surface area contributed by atoms with Gasteiger partial charge in [0.15, 0.2) is 4.80 Å². The van der Waals surface area contributed by atoms with Crippen LogP contribution >= 0.6 is 11.3 Å². The number of methoxy groups -OCH3 is 1. The molecule has 2 aromatic heterocycles. The Hall–Kier alpha value is -5.15. The molecule has 45 heavy (non-hydrogen) atoms. The summed E-state index contributed by atoms with van der Waals surface area (Å²) in [7, 11) is 5.64. The van der Waals surface area contributed by atoms with Gasteiger partial charge in [0, 0.05) is 42.5 Å². The fourth-order valence-electron chi connectivity index (χ4n) is 5.83. The number of anilines is 2. The molecule has 1 atom stereocenters. The minimum atomic E-state index is -0.690. The summed E-state index contributed by atoms with van der Waals surface area (Å²) in [5.74, 6) is 0.325. The molecular formula is C36H35N5O3S. The van der Waals surface area contributed by atoms with Gasteiger partial charge in [0.05, 0.1) is 29.0 Å². The molecule has 0 saturated carbocycles. The largest absolute Gasteiger partial charge is 0.497 e. The fraction of sp³-hybridized carbons (Fsp3) is 0.194. The zero-order valence-electron chi connectivity index (χ0n) is 26.2. The zero-order valence-corrected chi connectivity index (χ0v) is 27.0. The maximum Gasteiger partial charge on any atom is 0.271 e. The number of hydrogen-bond acceptors (Lipinski definition) is 6. The number of ether oxygens (including phenoxy) is 1. The first-order valence-electron chi connectivity index (χ1n) is 14.7. The van der Waals surface area contributed by atoms with Crippen molar-refractivity contribution in [2.75, 3.05) is 31.4 Å². The number of benzene rings is 3. The Kier molecular flexibility index (Phi) is 8.03. The van der Waals surface area contributed by atoms with Gasteiger partial charge in [-0.1, -0.05) is 41.7 Å². The second kappa shape index (κ2) is 12.1. The summed E-state index contributed by atoms with van der Waals surface area (Å²) in [5.41, 5.74) is 7.40. The van der Waals surface area contributed by atoms with E-state index in [-0.39, 0.29) is 11.5 Å². The Labute approximate surface area is 265 Å². The number of nitrogens with one attached hydrogen (secondary N) is 1. The van der Waals surface area contributed by atoms with Crippen LogP contribution in [0, 0.1) is 13.8 Å². The second-order valence-corrected chi connectivity index (χ2v) is 12.3. The van der Waals surface area contributed by atoms with Gasteiger partial charge in [0.2, 0.25) is 0 Å². The molecule has 1 amide bonds. The number of fused-ring (bicyclic) bond motifs is 1. The average Bonchev–Trinajstić information content (AvgIpc) is 3.49. The van der Waals surface area contributed by atoms with E-state index in [1.165, 1.54) is 11.3 Å². The third kappa shape index (κ3) is 5.62. The number of para-hydroxylation sites is 1. The second-order valence-electron chi connectivity index (χ2n) is 11.3. The van der Waals surface area contributed by atoms with Crippen molar-refractivity contribution in [1.82, 2.24) is 9.13 Å². The molecule has 8 nitrogen and oxygen atoms in total. The Morgan fingerprint density at radius 1 is 0.978 bits per heavy atom. The van der Waals surface area contributed by atoms with Gasteiger partial charge in [-0.2, -0.15) is 0 Å². The van der Waals surface area contributed by atoms with Gasteiger partial charge in [0.1, 0.15) is 5.75 Å². The molecule has 0 aliphatic carbocycles. The highest BCUT2D eigenvalue weighted by atomic mass is 32.1. The van der Waals surface area contributed by atoms with Gasteiger partial charge in [0.25, 0.3) is 11.5 Å². The summed E-state index contributed by atoms with van der Waals surface area (Å²) in [5, 5.41) is 3.00. The van der Waals surface area contributed by atoms with E-state index in [4.69, 9.17) is 9.73 Å². The minimum absolute atomic E-state index is 0.204. The van der Waals surface area contributed by atoms with Crippen LogP contribution in [0.3, 0.4) is 0 Å². The summed E-state index contributed by atoms with van der Waals surface area (Å²) < 4.78 is 9.88. The zero-order chi connectivity index (χ0) is 31.8. The number of allylic oxidation sites excluding steroid dienone is 1. The maximum absolute atomic E-state index is 14.2. The summed E-state index contributed by atoms with van der Waals surface area (Å²) in [6.07, 6.45) is 1.93. The quantitative estimate of drug-likeness (QED) is 0.267. The first kappa shape index (κ1) is 29.9. The fourth-order valence-corrected chi connectivity index (χ4v) is 6.87. The SMILES string of the molecule is COc1cccc([C@@H]2C(C(=O)Nc3ccccc3)=C(C)N=c3s/c(=C/c4cc(C)n(-c5ccc(N(C)C)cc5)c4C)c(=O)n32)c1. The molecule has 3 aromatic carbocycles. The Morgan fingerprint density at radius 2 is 1.71 bits per heavy atom. The molecule has 1 aliphatic heterocycles. The van der Waals surface area contributed by atoms with Crippen LogP contribution in [0.25, 0.3) is 11.8 Å². The lowest BCUT2D eigenvalue weighted by molar-refractivity contribution is -0.113. The smallest absolute Gasteiger partial charge is 0.271 e. The molecule has 3 heterocycles. The van der Waals surface area contributed by atoms with E-state index in [0.29, 0.717) is 32.0 Å². The van der Waals surface area contributed by atoms with Crippen molar-refractivity contribution in [1.29, 1.82) is 0 Å². The van der Waals surface area contributed by atoms with Crippen LogP contribution in [0.1, 0.15) is 35.5 Å². The highest BCUT2D eigenvalue weighted by Crippen LogP contribution is 2.32. The van der Waals surface area contributed by atoms with E-state index in [0.717, 1.165) is 33.9 Å². The molecule has 228 valence electrons. The first-order chi connectivity index (χ1) is 21.7. The van der Waals surface area contributed by atoms with E-state index in [9.17, 15) is 9.59 Å². The van der Waals surface area contributed by atoms with Gasteiger partial charge >= 0.3 is 0 Å². The highest BCUT2D eigenvalue weighted by molar-refractivity contribution is 7.07. The van der Waals surface area contributed by atoms with Crippen LogP contribution in [0.5, 0.6) is 5.75 Å². The van der Waals surface area contributed by atoms with Crippen molar-refractivity contribution in [2.45, 2.75) is 26.8 Å². The monoisotopic (exact) mass is 617 g/mol. The summed E-state index contributed by atoms with van der Waals surface area (Å²) in [6.45, 7) is 5.94. The van der Waals surface area contributed by atoms with E-state index < -0.39 is 6.04 Å². The van der Waals surface area contributed by atoms with E-state index in [2.05, 4.69) is 59.0 Å². The van der Waals surface area contributed by atoms with Crippen molar-refractivity contribution in [3.05, 3.63) is 138 Å². The van der Waals surface area contributed by atoms with Crippen LogP contribution in [-0.4, -0.2) is 36.2 Å². The third-order valence-corrected chi connectivity index (χ3v) is 9.07. The molecule has 9 heteroatoms. The predicted octanol–water partition coefficient (Wildman–Crippen LogP) is 5.36. The molecule has 6 rings (SSSR count). The topological polar surface area (TPSA) is 80.9 Å². The maximum atomic E-state index is 14.2. The van der Waals surface area contributed by atoms with Crippen LogP contribution in [-0.2, 0) is 4.79 Å². The summed E-state index contributed by atoms with van der Waals surface area (Å²) in [4.78, 5) is 35.5. The minimum Gasteiger partial charge on any atom is -0.497 e. The number of thiazole rings is 1. The van der Waals surface area contributed by atoms with Crippen LogP contribution in [0.2, 0.25) is 0 Å². The number of rotatable bonds is 7. The molecule has 0 unspecified atom stereocenters. The van der Waals surface area contributed by atoms with Crippen molar-refractivity contribution in [3.8, 4) is 11.4 Å². The molecule has 0 bridgehead atoms. The summed E-state index contributed by atoms with van der Waals surface area (Å²) >= 11 is 1.33. The standard InChI is InChI=1S/C36H35N5O3S/c1-22-19-26(24(3)40(22)29-17-15-28(16-18-29)39(4)5)21-31-35(43)41-33(25-11-10-14-30(20-25)44-6)32(23(2)37-36(41)45-31)34(42)38-27-12-8-7-9-13-27/h7-21,33H,1-6H3,(H,38,42)/b31-21+/t33-/m1/s1. The third-order valence-electron chi connectivity index (χ3n) is 8.09. The molecule has 0 fully saturated rings. The van der Waals surface area contributed by atoms with Crippen LogP contribution < -0.4 is 29.8 Å². The average molecular weight is 618 g/mol. The lowest BCUT2D eigenvalue weighted by Gasteiger charge is -2.25. The van der Waals surface area contributed by atoms with Crippen molar-refractivity contribution in [2.24, 2.45) is 4.99 Å². The lowest BCUT2D eigenvalue weighted by atomic mass is 9.95.